The van der Waals surface area contributed by atoms with E-state index in [4.69, 9.17) is 4.42 Å². The minimum atomic E-state index is -0.359. The third-order valence-corrected chi connectivity index (χ3v) is 2.80. The highest BCUT2D eigenvalue weighted by Gasteiger charge is 2.21. The largest absolute Gasteiger partial charge is 0.424 e. The van der Waals surface area contributed by atoms with Crippen LogP contribution in [-0.4, -0.2) is 37.8 Å². The lowest BCUT2D eigenvalue weighted by atomic mass is 10.3. The van der Waals surface area contributed by atoms with Crippen molar-refractivity contribution in [2.45, 2.75) is 33.4 Å². The van der Waals surface area contributed by atoms with Crippen molar-refractivity contribution in [1.29, 1.82) is 0 Å². The number of carbonyl (C=O) groups excluding carboxylic acids is 1. The Morgan fingerprint density at radius 1 is 1.47 bits per heavy atom. The average molecular weight is 263 g/mol. The molecule has 1 amide bonds. The fourth-order valence-electron chi connectivity index (χ4n) is 1.76. The molecule has 0 bridgehead atoms. The van der Waals surface area contributed by atoms with E-state index in [-0.39, 0.29) is 11.9 Å². The Labute approximate surface area is 111 Å². The normalized spacial score (nSPS) is 12.4. The van der Waals surface area contributed by atoms with Crippen LogP contribution < -0.4 is 0 Å². The van der Waals surface area contributed by atoms with Crippen LogP contribution in [0.15, 0.2) is 16.8 Å². The number of aromatic nitrogens is 4. The van der Waals surface area contributed by atoms with Crippen molar-refractivity contribution in [2.24, 2.45) is 0 Å². The molecule has 0 aromatic carbocycles. The Bertz CT molecular complexity index is 574. The van der Waals surface area contributed by atoms with Gasteiger partial charge in [-0.1, -0.05) is 0 Å². The number of hydrogen-bond acceptors (Lipinski definition) is 5. The lowest BCUT2D eigenvalue weighted by Gasteiger charge is -2.20. The highest BCUT2D eigenvalue weighted by Crippen LogP contribution is 2.11. The maximum absolute atomic E-state index is 12.2. The zero-order valence-corrected chi connectivity index (χ0v) is 11.5. The average Bonchev–Trinajstić information content (AvgIpc) is 2.96. The summed E-state index contributed by atoms with van der Waals surface area (Å²) in [7, 11) is 1.70. The number of hydrogen-bond donors (Lipinski definition) is 0. The molecule has 7 heteroatoms. The van der Waals surface area contributed by atoms with E-state index in [2.05, 4.69) is 15.3 Å². The Morgan fingerprint density at radius 3 is 2.74 bits per heavy atom. The van der Waals surface area contributed by atoms with E-state index in [0.29, 0.717) is 18.3 Å². The zero-order valence-electron chi connectivity index (χ0n) is 11.5. The van der Waals surface area contributed by atoms with E-state index in [1.165, 1.54) is 0 Å². The van der Waals surface area contributed by atoms with Gasteiger partial charge in [-0.3, -0.25) is 9.48 Å². The van der Waals surface area contributed by atoms with Gasteiger partial charge in [-0.25, -0.2) is 0 Å². The van der Waals surface area contributed by atoms with Gasteiger partial charge in [-0.05, 0) is 19.4 Å². The molecule has 102 valence electrons. The molecular formula is C12H17N5O2. The van der Waals surface area contributed by atoms with E-state index >= 15 is 0 Å². The first-order valence-corrected chi connectivity index (χ1v) is 6.02. The summed E-state index contributed by atoms with van der Waals surface area (Å²) in [5.74, 6) is 0.864. The number of amides is 1. The lowest BCUT2D eigenvalue weighted by Crippen LogP contribution is -2.33. The fourth-order valence-corrected chi connectivity index (χ4v) is 1.76. The van der Waals surface area contributed by atoms with Gasteiger partial charge in [-0.2, -0.15) is 5.10 Å². The number of carbonyl (C=O) groups is 1. The van der Waals surface area contributed by atoms with Crippen LogP contribution in [0.5, 0.6) is 0 Å². The van der Waals surface area contributed by atoms with Crippen LogP contribution in [0.4, 0.5) is 0 Å². The van der Waals surface area contributed by atoms with Crippen molar-refractivity contribution in [3.8, 4) is 0 Å². The molecule has 7 nitrogen and oxygen atoms in total. The second-order valence-electron chi connectivity index (χ2n) is 4.58. The molecule has 1 atom stereocenters. The molecule has 0 N–H and O–H groups in total. The van der Waals surface area contributed by atoms with E-state index in [9.17, 15) is 4.79 Å². The molecule has 0 fully saturated rings. The van der Waals surface area contributed by atoms with E-state index in [1.807, 2.05) is 20.0 Å². The molecule has 0 radical (unpaired) electrons. The van der Waals surface area contributed by atoms with Gasteiger partial charge in [0.25, 0.3) is 0 Å². The molecular weight excluding hydrogens is 246 g/mol. The summed E-state index contributed by atoms with van der Waals surface area (Å²) < 4.78 is 6.90. The standard InChI is InChI=1S/C12H17N5O2/c1-8-5-13-17(6-8)9(2)12(18)16(4)7-11-15-14-10(3)19-11/h5-6,9H,7H2,1-4H3/t9-/m1/s1. The predicted octanol–water partition coefficient (Wildman–Crippen LogP) is 1.10. The molecule has 0 spiro atoms. The maximum atomic E-state index is 12.2. The molecule has 0 saturated heterocycles. The van der Waals surface area contributed by atoms with Crippen molar-refractivity contribution >= 4 is 5.91 Å². The zero-order chi connectivity index (χ0) is 14.0. The Morgan fingerprint density at radius 2 is 2.21 bits per heavy atom. The SMILES string of the molecule is Cc1cnn([C@H](C)C(=O)N(C)Cc2nnc(C)o2)c1. The summed E-state index contributed by atoms with van der Waals surface area (Å²) in [6.45, 7) is 5.76. The second kappa shape index (κ2) is 5.21. The van der Waals surface area contributed by atoms with Crippen molar-refractivity contribution in [2.75, 3.05) is 7.05 Å². The first-order valence-electron chi connectivity index (χ1n) is 6.02. The van der Waals surface area contributed by atoms with Gasteiger partial charge in [0.15, 0.2) is 0 Å². The van der Waals surface area contributed by atoms with Gasteiger partial charge in [0.2, 0.25) is 17.7 Å². The summed E-state index contributed by atoms with van der Waals surface area (Å²) in [5, 5.41) is 11.8. The minimum absolute atomic E-state index is 0.0565. The monoisotopic (exact) mass is 263 g/mol. The summed E-state index contributed by atoms with van der Waals surface area (Å²) >= 11 is 0. The quantitative estimate of drug-likeness (QED) is 0.825. The highest BCUT2D eigenvalue weighted by molar-refractivity contribution is 5.79. The summed E-state index contributed by atoms with van der Waals surface area (Å²) in [6.07, 6.45) is 3.57. The van der Waals surface area contributed by atoms with Crippen LogP contribution >= 0.6 is 0 Å². The van der Waals surface area contributed by atoms with Gasteiger partial charge >= 0.3 is 0 Å². The van der Waals surface area contributed by atoms with Crippen molar-refractivity contribution in [1.82, 2.24) is 24.9 Å². The molecule has 0 aliphatic carbocycles. The van der Waals surface area contributed by atoms with Gasteiger partial charge in [0.1, 0.15) is 6.04 Å². The fraction of sp³-hybridized carbons (Fsp3) is 0.500. The molecule has 0 aliphatic heterocycles. The van der Waals surface area contributed by atoms with Gasteiger partial charge in [0, 0.05) is 20.2 Å². The van der Waals surface area contributed by atoms with E-state index < -0.39 is 0 Å². The smallest absolute Gasteiger partial charge is 0.247 e. The third-order valence-electron chi connectivity index (χ3n) is 2.80. The van der Waals surface area contributed by atoms with Gasteiger partial charge in [0.05, 0.1) is 12.7 Å². The summed E-state index contributed by atoms with van der Waals surface area (Å²) in [5.41, 5.74) is 1.02. The maximum Gasteiger partial charge on any atom is 0.247 e. The van der Waals surface area contributed by atoms with E-state index in [0.717, 1.165) is 5.56 Å². The number of aryl methyl sites for hydroxylation is 2. The molecule has 2 rings (SSSR count). The molecule has 2 aromatic heterocycles. The number of likely N-dealkylation sites (N-methyl/N-ethyl adjacent to an activating group) is 1. The minimum Gasteiger partial charge on any atom is -0.424 e. The second-order valence-corrected chi connectivity index (χ2v) is 4.58. The number of nitrogens with zero attached hydrogens (tertiary/aromatic N) is 5. The molecule has 0 unspecified atom stereocenters. The Balaban J connectivity index is 2.02. The summed E-state index contributed by atoms with van der Waals surface area (Å²) in [6, 6.07) is -0.359. The number of rotatable bonds is 4. The van der Waals surface area contributed by atoms with Crippen molar-refractivity contribution in [3.05, 3.63) is 29.7 Å². The predicted molar refractivity (Wildman–Crippen MR) is 67.2 cm³/mol. The molecule has 2 heterocycles. The van der Waals surface area contributed by atoms with Gasteiger partial charge < -0.3 is 9.32 Å². The highest BCUT2D eigenvalue weighted by atomic mass is 16.4. The summed E-state index contributed by atoms with van der Waals surface area (Å²) in [4.78, 5) is 13.8. The molecule has 0 aliphatic rings. The van der Waals surface area contributed by atoms with E-state index in [1.54, 1.807) is 29.7 Å². The van der Waals surface area contributed by atoms with Crippen LogP contribution in [0.3, 0.4) is 0 Å². The first-order chi connectivity index (χ1) is 8.97. The van der Waals surface area contributed by atoms with Crippen LogP contribution in [-0.2, 0) is 11.3 Å². The lowest BCUT2D eigenvalue weighted by molar-refractivity contribution is -0.134. The van der Waals surface area contributed by atoms with Crippen LogP contribution in [0.1, 0.15) is 30.3 Å². The third kappa shape index (κ3) is 2.98. The van der Waals surface area contributed by atoms with Crippen LogP contribution in [0.2, 0.25) is 0 Å². The molecule has 19 heavy (non-hydrogen) atoms. The molecule has 0 saturated carbocycles. The Kier molecular flexibility index (Phi) is 3.64. The van der Waals surface area contributed by atoms with Gasteiger partial charge in [-0.15, -0.1) is 10.2 Å². The topological polar surface area (TPSA) is 77.1 Å². The first kappa shape index (κ1) is 13.3. The van der Waals surface area contributed by atoms with Crippen LogP contribution in [0, 0.1) is 13.8 Å². The van der Waals surface area contributed by atoms with Crippen LogP contribution in [0.25, 0.3) is 0 Å². The molecule has 2 aromatic rings. The van der Waals surface area contributed by atoms with Crippen molar-refractivity contribution < 1.29 is 9.21 Å². The van der Waals surface area contributed by atoms with Crippen molar-refractivity contribution in [3.63, 3.8) is 0 Å². The Hall–Kier alpha value is -2.18.